The lowest BCUT2D eigenvalue weighted by Gasteiger charge is -2.33. The van der Waals surface area contributed by atoms with Crippen molar-refractivity contribution in [1.29, 1.82) is 0 Å². The van der Waals surface area contributed by atoms with Crippen LogP contribution < -0.4 is 4.65 Å². The van der Waals surface area contributed by atoms with Crippen LogP contribution in [0.3, 0.4) is 0 Å². The topological polar surface area (TPSA) is 67.4 Å². The highest BCUT2D eigenvalue weighted by Gasteiger charge is 2.32. The zero-order valence-electron chi connectivity index (χ0n) is 15.7. The van der Waals surface area contributed by atoms with Gasteiger partial charge in [-0.05, 0) is 54.8 Å². The highest BCUT2D eigenvalue weighted by Crippen LogP contribution is 2.44. The lowest BCUT2D eigenvalue weighted by Crippen LogP contribution is -2.28. The van der Waals surface area contributed by atoms with Gasteiger partial charge in [-0.3, -0.25) is 0 Å². The second kappa shape index (κ2) is 7.45. The first-order valence-electron chi connectivity index (χ1n) is 9.96. The molecule has 1 aliphatic carbocycles. The van der Waals surface area contributed by atoms with Crippen LogP contribution >= 0.6 is 0 Å². The van der Waals surface area contributed by atoms with Gasteiger partial charge in [0.05, 0.1) is 18.9 Å². The summed E-state index contributed by atoms with van der Waals surface area (Å²) in [5, 5.41) is 11.2. The van der Waals surface area contributed by atoms with Gasteiger partial charge in [-0.15, -0.1) is 0 Å². The highest BCUT2D eigenvalue weighted by atomic mass is 16.5. The number of fused-ring (bicyclic) bond motifs is 3. The molecule has 0 radical (unpaired) electrons. The van der Waals surface area contributed by atoms with Crippen LogP contribution in [0.5, 0.6) is 5.75 Å². The number of hydrogen-bond donors (Lipinski definition) is 2. The van der Waals surface area contributed by atoms with Gasteiger partial charge < -0.3 is 19.4 Å². The zero-order valence-corrected chi connectivity index (χ0v) is 15.7. The number of pyridine rings is 1. The summed E-state index contributed by atoms with van der Waals surface area (Å²) in [6.07, 6.45) is 8.06. The van der Waals surface area contributed by atoms with Crippen molar-refractivity contribution in [2.24, 2.45) is 5.92 Å². The Labute approximate surface area is 164 Å². The van der Waals surface area contributed by atoms with Crippen LogP contribution in [0.1, 0.15) is 36.8 Å². The van der Waals surface area contributed by atoms with E-state index in [4.69, 9.17) is 9.39 Å². The molecule has 3 heterocycles. The minimum absolute atomic E-state index is 0.297. The number of benzene rings is 1. The Morgan fingerprint density at radius 1 is 1.14 bits per heavy atom. The first-order chi connectivity index (χ1) is 13.8. The molecule has 2 aromatic heterocycles. The van der Waals surface area contributed by atoms with E-state index < -0.39 is 7.12 Å². The molecule has 0 unspecified atom stereocenters. The van der Waals surface area contributed by atoms with Gasteiger partial charge in [0, 0.05) is 17.1 Å². The molecule has 3 aromatic rings. The molecule has 1 aliphatic heterocycles. The van der Waals surface area contributed by atoms with E-state index in [2.05, 4.69) is 22.1 Å². The van der Waals surface area contributed by atoms with E-state index in [0.29, 0.717) is 24.4 Å². The smallest absolute Gasteiger partial charge is 0.531 e. The Bertz CT molecular complexity index is 993. The summed E-state index contributed by atoms with van der Waals surface area (Å²) >= 11 is 0. The van der Waals surface area contributed by atoms with Crippen molar-refractivity contribution in [3.63, 3.8) is 0 Å². The van der Waals surface area contributed by atoms with Gasteiger partial charge in [-0.1, -0.05) is 30.3 Å². The fraction of sp³-hybridized carbons (Fsp3) is 0.318. The molecule has 5 nitrogen and oxygen atoms in total. The monoisotopic (exact) mass is 374 g/mol. The molecule has 1 saturated carbocycles. The molecule has 1 aromatic carbocycles. The summed E-state index contributed by atoms with van der Waals surface area (Å²) in [4.78, 5) is 7.56. The number of hydrogen-bond acceptors (Lipinski definition) is 4. The standard InChI is InChI=1S/C22H23BN2O3/c26-23-12-19(21-18-10-11-24-22(18)25-13-20(21)28-23)16-6-8-17(9-7-16)27-14-15-4-2-1-3-5-15/h1-5,10-13,16-17,26H,6-9,14H2,(H,24,25)/t16-,17-. The van der Waals surface area contributed by atoms with E-state index in [-0.39, 0.29) is 0 Å². The summed E-state index contributed by atoms with van der Waals surface area (Å²) in [6, 6.07) is 12.4. The third-order valence-corrected chi connectivity index (χ3v) is 5.85. The Morgan fingerprint density at radius 3 is 2.79 bits per heavy atom. The number of allylic oxidation sites excluding steroid dienone is 1. The lowest BCUT2D eigenvalue weighted by molar-refractivity contribution is 0.0118. The van der Waals surface area contributed by atoms with Crippen molar-refractivity contribution in [2.75, 3.05) is 0 Å². The Kier molecular flexibility index (Phi) is 4.67. The number of rotatable bonds is 4. The maximum Gasteiger partial charge on any atom is 0.552 e. The Balaban J connectivity index is 1.31. The molecular formula is C22H23BN2O3. The molecule has 0 amide bonds. The second-order valence-corrected chi connectivity index (χ2v) is 7.64. The van der Waals surface area contributed by atoms with Crippen molar-refractivity contribution in [1.82, 2.24) is 9.97 Å². The normalized spacial score (nSPS) is 21.9. The highest BCUT2D eigenvalue weighted by molar-refractivity contribution is 6.52. The summed E-state index contributed by atoms with van der Waals surface area (Å²) < 4.78 is 11.8. The summed E-state index contributed by atoms with van der Waals surface area (Å²) in [7, 11) is -0.909. The number of nitrogens with zero attached hydrogens (tertiary/aromatic N) is 1. The molecule has 6 heteroatoms. The van der Waals surface area contributed by atoms with Crippen molar-refractivity contribution >= 4 is 23.7 Å². The number of ether oxygens (including phenoxy) is 1. The minimum atomic E-state index is -0.909. The molecule has 0 spiro atoms. The molecule has 28 heavy (non-hydrogen) atoms. The van der Waals surface area contributed by atoms with Gasteiger partial charge in [0.2, 0.25) is 0 Å². The van der Waals surface area contributed by atoms with Crippen molar-refractivity contribution in [3.05, 3.63) is 65.9 Å². The van der Waals surface area contributed by atoms with E-state index in [9.17, 15) is 5.02 Å². The van der Waals surface area contributed by atoms with Gasteiger partial charge in [0.25, 0.3) is 0 Å². The molecule has 0 atom stereocenters. The van der Waals surface area contributed by atoms with E-state index in [1.54, 1.807) is 6.20 Å². The Morgan fingerprint density at radius 2 is 1.96 bits per heavy atom. The SMILES string of the molecule is OB1C=C([C@H]2CC[C@H](OCc3ccccc3)CC2)c2c(cnc3[nH]ccc23)O1. The fourth-order valence-electron chi connectivity index (χ4n) is 4.45. The average Bonchev–Trinajstić information content (AvgIpc) is 3.22. The van der Waals surface area contributed by atoms with Crippen LogP contribution in [0.2, 0.25) is 0 Å². The van der Waals surface area contributed by atoms with Crippen LogP contribution in [-0.2, 0) is 11.3 Å². The van der Waals surface area contributed by atoms with Crippen LogP contribution in [-0.4, -0.2) is 28.2 Å². The maximum atomic E-state index is 10.2. The maximum absolute atomic E-state index is 10.2. The molecule has 5 rings (SSSR count). The molecule has 2 aliphatic rings. The third-order valence-electron chi connectivity index (χ3n) is 5.85. The first kappa shape index (κ1) is 17.5. The van der Waals surface area contributed by atoms with Crippen molar-refractivity contribution < 1.29 is 14.4 Å². The van der Waals surface area contributed by atoms with Gasteiger partial charge in [0.15, 0.2) is 0 Å². The average molecular weight is 374 g/mol. The largest absolute Gasteiger partial charge is 0.552 e. The van der Waals surface area contributed by atoms with Crippen LogP contribution in [0.25, 0.3) is 16.6 Å². The third kappa shape index (κ3) is 3.34. The van der Waals surface area contributed by atoms with E-state index in [1.807, 2.05) is 36.4 Å². The summed E-state index contributed by atoms with van der Waals surface area (Å²) in [6.45, 7) is 0.671. The minimum Gasteiger partial charge on any atom is -0.531 e. The lowest BCUT2D eigenvalue weighted by atomic mass is 9.72. The van der Waals surface area contributed by atoms with Crippen molar-refractivity contribution in [2.45, 2.75) is 38.4 Å². The van der Waals surface area contributed by atoms with Crippen LogP contribution in [0, 0.1) is 5.92 Å². The summed E-state index contributed by atoms with van der Waals surface area (Å²) in [5.74, 6) is 2.93. The first-order valence-corrected chi connectivity index (χ1v) is 9.96. The number of H-pyrrole nitrogens is 1. The van der Waals surface area contributed by atoms with E-state index >= 15 is 0 Å². The molecule has 0 saturated heterocycles. The number of nitrogens with one attached hydrogen (secondary N) is 1. The molecule has 142 valence electrons. The Hall–Kier alpha value is -2.57. The zero-order chi connectivity index (χ0) is 18.9. The second-order valence-electron chi connectivity index (χ2n) is 7.64. The van der Waals surface area contributed by atoms with Gasteiger partial charge in [0.1, 0.15) is 11.4 Å². The molecule has 2 N–H and O–H groups in total. The van der Waals surface area contributed by atoms with E-state index in [1.165, 1.54) is 11.1 Å². The predicted molar refractivity (Wildman–Crippen MR) is 110 cm³/mol. The number of aromatic amines is 1. The molecule has 1 fully saturated rings. The van der Waals surface area contributed by atoms with E-state index in [0.717, 1.165) is 42.3 Å². The van der Waals surface area contributed by atoms with Crippen molar-refractivity contribution in [3.8, 4) is 5.75 Å². The molecular weight excluding hydrogens is 351 g/mol. The predicted octanol–water partition coefficient (Wildman–Crippen LogP) is 4.13. The summed E-state index contributed by atoms with van der Waals surface area (Å²) in [5.41, 5.74) is 4.33. The quantitative estimate of drug-likeness (QED) is 0.674. The van der Waals surface area contributed by atoms with Gasteiger partial charge >= 0.3 is 7.12 Å². The van der Waals surface area contributed by atoms with Crippen LogP contribution in [0.4, 0.5) is 0 Å². The van der Waals surface area contributed by atoms with Gasteiger partial charge in [-0.25, -0.2) is 4.98 Å². The fourth-order valence-corrected chi connectivity index (χ4v) is 4.45. The number of aromatic nitrogens is 2. The van der Waals surface area contributed by atoms with Crippen LogP contribution in [0.15, 0.2) is 54.8 Å². The molecule has 0 bridgehead atoms. The van der Waals surface area contributed by atoms with Gasteiger partial charge in [-0.2, -0.15) is 0 Å².